The second kappa shape index (κ2) is 12.3. The number of ether oxygens (including phenoxy) is 2. The van der Waals surface area contributed by atoms with Crippen molar-refractivity contribution >= 4 is 47.7 Å². The van der Waals surface area contributed by atoms with Crippen molar-refractivity contribution in [2.24, 2.45) is 10.9 Å². The van der Waals surface area contributed by atoms with Crippen LogP contribution in [0.5, 0.6) is 0 Å². The van der Waals surface area contributed by atoms with E-state index in [4.69, 9.17) is 9.47 Å². The molecule has 2 rings (SSSR count). The van der Waals surface area contributed by atoms with Gasteiger partial charge >= 0.3 is 5.97 Å². The minimum Gasteiger partial charge on any atom is -0.466 e. The van der Waals surface area contributed by atoms with Crippen molar-refractivity contribution in [3.8, 4) is 0 Å². The van der Waals surface area contributed by atoms with Crippen LogP contribution in [0, 0.1) is 5.92 Å². The number of hydrogen-bond donors (Lipinski definition) is 2. The first-order valence-corrected chi connectivity index (χ1v) is 10.6. The zero-order valence-corrected chi connectivity index (χ0v) is 19.4. The van der Waals surface area contributed by atoms with Gasteiger partial charge in [-0.05, 0) is 51.7 Å². The quantitative estimate of drug-likeness (QED) is 0.254. The molecule has 2 N–H and O–H groups in total. The molecule has 0 aromatic carbocycles. The molecule has 1 aliphatic carbocycles. The Hall–Kier alpha value is -0.220. The minimum absolute atomic E-state index is 0. The SMILES string of the molecule is CCOC(=O)C1CCC(NC(=NC)NCC2(SC)CCOCC2)CC1.I. The van der Waals surface area contributed by atoms with Crippen molar-refractivity contribution in [2.75, 3.05) is 39.7 Å². The van der Waals surface area contributed by atoms with Crippen molar-refractivity contribution in [3.63, 3.8) is 0 Å². The molecule has 0 radical (unpaired) electrons. The lowest BCUT2D eigenvalue weighted by atomic mass is 9.86. The standard InChI is InChI=1S/C18H33N3O3S.HI/c1-4-24-16(22)14-5-7-15(8-6-14)21-17(19-2)20-13-18(25-3)9-11-23-12-10-18;/h14-15H,4-13H2,1-3H3,(H2,19,20,21);1H. The van der Waals surface area contributed by atoms with Gasteiger partial charge in [0.1, 0.15) is 0 Å². The highest BCUT2D eigenvalue weighted by Gasteiger charge is 2.32. The molecule has 0 atom stereocenters. The van der Waals surface area contributed by atoms with Crippen LogP contribution in [-0.2, 0) is 14.3 Å². The minimum atomic E-state index is -0.0371. The molecule has 0 amide bonds. The van der Waals surface area contributed by atoms with Gasteiger partial charge in [0.05, 0.1) is 12.5 Å². The largest absolute Gasteiger partial charge is 0.466 e. The molecule has 1 saturated heterocycles. The van der Waals surface area contributed by atoms with Gasteiger partial charge in [-0.2, -0.15) is 11.8 Å². The maximum Gasteiger partial charge on any atom is 0.308 e. The third-order valence-corrected chi connectivity index (χ3v) is 6.75. The van der Waals surface area contributed by atoms with Crippen LogP contribution in [0.4, 0.5) is 0 Å². The van der Waals surface area contributed by atoms with Gasteiger partial charge in [-0.15, -0.1) is 24.0 Å². The number of carbonyl (C=O) groups excluding carboxylic acids is 1. The summed E-state index contributed by atoms with van der Waals surface area (Å²) in [5.74, 6) is 0.888. The second-order valence-electron chi connectivity index (χ2n) is 6.87. The second-order valence-corrected chi connectivity index (χ2v) is 8.14. The van der Waals surface area contributed by atoms with Crippen LogP contribution in [0.1, 0.15) is 45.4 Å². The van der Waals surface area contributed by atoms with Crippen LogP contribution >= 0.6 is 35.7 Å². The van der Waals surface area contributed by atoms with Gasteiger partial charge in [0.15, 0.2) is 5.96 Å². The van der Waals surface area contributed by atoms with Crippen molar-refractivity contribution in [1.82, 2.24) is 10.6 Å². The Morgan fingerprint density at radius 3 is 2.46 bits per heavy atom. The van der Waals surface area contributed by atoms with E-state index in [-0.39, 0.29) is 40.6 Å². The molecule has 26 heavy (non-hydrogen) atoms. The van der Waals surface area contributed by atoms with Crippen molar-refractivity contribution in [1.29, 1.82) is 0 Å². The fourth-order valence-corrected chi connectivity index (χ4v) is 4.35. The Balaban J connectivity index is 0.00000338. The van der Waals surface area contributed by atoms with Crippen LogP contribution in [0.15, 0.2) is 4.99 Å². The Morgan fingerprint density at radius 1 is 1.27 bits per heavy atom. The number of nitrogens with one attached hydrogen (secondary N) is 2. The van der Waals surface area contributed by atoms with E-state index in [1.807, 2.05) is 25.7 Å². The lowest BCUT2D eigenvalue weighted by Crippen LogP contribution is -2.50. The van der Waals surface area contributed by atoms with E-state index in [0.717, 1.165) is 64.2 Å². The third kappa shape index (κ3) is 7.07. The van der Waals surface area contributed by atoms with E-state index in [0.29, 0.717) is 12.6 Å². The summed E-state index contributed by atoms with van der Waals surface area (Å²) >= 11 is 1.92. The zero-order chi connectivity index (χ0) is 18.1. The molecule has 0 aromatic heterocycles. The molecule has 6 nitrogen and oxygen atoms in total. The fraction of sp³-hybridized carbons (Fsp3) is 0.889. The smallest absolute Gasteiger partial charge is 0.308 e. The van der Waals surface area contributed by atoms with E-state index >= 15 is 0 Å². The molecule has 0 unspecified atom stereocenters. The van der Waals surface area contributed by atoms with Gasteiger partial charge in [0.25, 0.3) is 0 Å². The highest BCUT2D eigenvalue weighted by molar-refractivity contribution is 14.0. The molecular formula is C18H34IN3O3S. The fourth-order valence-electron chi connectivity index (χ4n) is 3.56. The van der Waals surface area contributed by atoms with Crippen LogP contribution in [0.3, 0.4) is 0 Å². The van der Waals surface area contributed by atoms with Gasteiger partial charge < -0.3 is 20.1 Å². The Labute approximate surface area is 179 Å². The first kappa shape index (κ1) is 23.8. The van der Waals surface area contributed by atoms with Gasteiger partial charge in [-0.25, -0.2) is 0 Å². The zero-order valence-electron chi connectivity index (χ0n) is 16.2. The lowest BCUT2D eigenvalue weighted by Gasteiger charge is -2.36. The topological polar surface area (TPSA) is 72.0 Å². The molecule has 2 aliphatic rings. The Morgan fingerprint density at radius 2 is 1.92 bits per heavy atom. The highest BCUT2D eigenvalue weighted by Crippen LogP contribution is 2.33. The molecule has 2 fully saturated rings. The summed E-state index contributed by atoms with van der Waals surface area (Å²) in [5, 5.41) is 7.03. The normalized spacial score (nSPS) is 25.7. The molecule has 0 bridgehead atoms. The van der Waals surface area contributed by atoms with Gasteiger partial charge in [-0.3, -0.25) is 9.79 Å². The summed E-state index contributed by atoms with van der Waals surface area (Å²) in [6, 6.07) is 0.372. The molecule has 152 valence electrons. The van der Waals surface area contributed by atoms with E-state index in [1.165, 1.54) is 0 Å². The summed E-state index contributed by atoms with van der Waals surface area (Å²) in [7, 11) is 1.81. The molecule has 1 heterocycles. The number of carbonyl (C=O) groups is 1. The average Bonchev–Trinajstić information content (AvgIpc) is 2.66. The molecular weight excluding hydrogens is 465 g/mol. The molecule has 1 saturated carbocycles. The summed E-state index contributed by atoms with van der Waals surface area (Å²) in [6.45, 7) is 4.91. The summed E-state index contributed by atoms with van der Waals surface area (Å²) in [5.41, 5.74) is 0. The number of aliphatic imine (C=N–C) groups is 1. The van der Waals surface area contributed by atoms with Crippen LogP contribution < -0.4 is 10.6 Å². The number of rotatable bonds is 6. The van der Waals surface area contributed by atoms with Gasteiger partial charge in [0, 0.05) is 37.6 Å². The van der Waals surface area contributed by atoms with Crippen molar-refractivity contribution < 1.29 is 14.3 Å². The number of halogens is 1. The van der Waals surface area contributed by atoms with Gasteiger partial charge in [0.2, 0.25) is 0 Å². The number of esters is 1. The summed E-state index contributed by atoms with van der Waals surface area (Å²) in [6.07, 6.45) is 8.06. The van der Waals surface area contributed by atoms with Crippen molar-refractivity contribution in [3.05, 3.63) is 0 Å². The molecule has 0 spiro atoms. The number of guanidine groups is 1. The number of hydrogen-bond acceptors (Lipinski definition) is 5. The molecule has 0 aromatic rings. The predicted molar refractivity (Wildman–Crippen MR) is 119 cm³/mol. The third-order valence-electron chi connectivity index (χ3n) is 5.33. The van der Waals surface area contributed by atoms with E-state index in [1.54, 1.807) is 0 Å². The van der Waals surface area contributed by atoms with E-state index in [2.05, 4.69) is 21.9 Å². The van der Waals surface area contributed by atoms with Crippen LogP contribution in [-0.4, -0.2) is 62.4 Å². The lowest BCUT2D eigenvalue weighted by molar-refractivity contribution is -0.149. The number of nitrogens with zero attached hydrogens (tertiary/aromatic N) is 1. The first-order chi connectivity index (χ1) is 12.1. The maximum absolute atomic E-state index is 11.8. The van der Waals surface area contributed by atoms with Crippen molar-refractivity contribution in [2.45, 2.75) is 56.2 Å². The summed E-state index contributed by atoms with van der Waals surface area (Å²) < 4.78 is 10.9. The van der Waals surface area contributed by atoms with Crippen LogP contribution in [0.25, 0.3) is 0 Å². The average molecular weight is 499 g/mol. The monoisotopic (exact) mass is 499 g/mol. The molecule has 8 heteroatoms. The maximum atomic E-state index is 11.8. The summed E-state index contributed by atoms with van der Waals surface area (Å²) in [4.78, 5) is 16.2. The van der Waals surface area contributed by atoms with Crippen LogP contribution in [0.2, 0.25) is 0 Å². The Bertz CT molecular complexity index is 451. The molecule has 1 aliphatic heterocycles. The van der Waals surface area contributed by atoms with E-state index < -0.39 is 0 Å². The Kier molecular flexibility index (Phi) is 11.2. The highest BCUT2D eigenvalue weighted by atomic mass is 127. The first-order valence-electron chi connectivity index (χ1n) is 9.39. The number of thioether (sulfide) groups is 1. The predicted octanol–water partition coefficient (Wildman–Crippen LogP) is 2.80. The van der Waals surface area contributed by atoms with Gasteiger partial charge in [-0.1, -0.05) is 0 Å². The van der Waals surface area contributed by atoms with E-state index in [9.17, 15) is 4.79 Å².